The Balaban J connectivity index is 1.86. The SMILES string of the molecule is Cc1cccc(N[C@@H](c2cccc(F)c2)c2ccc3cccnc3c2O)[nH+]1. The van der Waals surface area contributed by atoms with Crippen LogP contribution in [0.4, 0.5) is 10.2 Å². The van der Waals surface area contributed by atoms with Gasteiger partial charge in [-0.05, 0) is 37.3 Å². The van der Waals surface area contributed by atoms with Crippen molar-refractivity contribution in [1.29, 1.82) is 0 Å². The minimum atomic E-state index is -0.454. The molecule has 0 unspecified atom stereocenters. The van der Waals surface area contributed by atoms with E-state index in [1.807, 2.05) is 55.5 Å². The quantitative estimate of drug-likeness (QED) is 0.567. The van der Waals surface area contributed by atoms with Crippen LogP contribution >= 0.6 is 0 Å². The molecule has 0 radical (unpaired) electrons. The molecule has 0 saturated heterocycles. The molecule has 2 aromatic heterocycles. The van der Waals surface area contributed by atoms with Gasteiger partial charge in [-0.1, -0.05) is 30.3 Å². The third kappa shape index (κ3) is 3.44. The van der Waals surface area contributed by atoms with Gasteiger partial charge in [0.2, 0.25) is 0 Å². The summed E-state index contributed by atoms with van der Waals surface area (Å²) in [7, 11) is 0. The molecule has 5 heteroatoms. The Kier molecular flexibility index (Phi) is 4.42. The Morgan fingerprint density at radius 3 is 2.70 bits per heavy atom. The molecule has 0 amide bonds. The Morgan fingerprint density at radius 1 is 1.04 bits per heavy atom. The molecule has 27 heavy (non-hydrogen) atoms. The van der Waals surface area contributed by atoms with Crippen molar-refractivity contribution in [1.82, 2.24) is 4.98 Å². The number of nitrogens with one attached hydrogen (secondary N) is 2. The highest BCUT2D eigenvalue weighted by Gasteiger charge is 2.24. The summed E-state index contributed by atoms with van der Waals surface area (Å²) < 4.78 is 13.9. The second-order valence-corrected chi connectivity index (χ2v) is 6.46. The van der Waals surface area contributed by atoms with Crippen molar-refractivity contribution in [2.75, 3.05) is 5.32 Å². The van der Waals surface area contributed by atoms with Gasteiger partial charge in [-0.2, -0.15) is 0 Å². The lowest BCUT2D eigenvalue weighted by molar-refractivity contribution is -0.371. The zero-order valence-electron chi connectivity index (χ0n) is 14.8. The Labute approximate surface area is 156 Å². The number of aromatic hydroxyl groups is 1. The summed E-state index contributed by atoms with van der Waals surface area (Å²) in [6.07, 6.45) is 1.64. The first-order valence-electron chi connectivity index (χ1n) is 8.69. The van der Waals surface area contributed by atoms with Crippen LogP contribution < -0.4 is 10.3 Å². The van der Waals surface area contributed by atoms with E-state index in [9.17, 15) is 9.50 Å². The lowest BCUT2D eigenvalue weighted by atomic mass is 9.96. The molecular formula is C22H19FN3O+. The number of fused-ring (bicyclic) bond motifs is 1. The van der Waals surface area contributed by atoms with Gasteiger partial charge in [0.15, 0.2) is 0 Å². The number of H-pyrrole nitrogens is 1. The number of hydrogen-bond acceptors (Lipinski definition) is 3. The van der Waals surface area contributed by atoms with Crippen molar-refractivity contribution in [2.24, 2.45) is 0 Å². The van der Waals surface area contributed by atoms with Gasteiger partial charge in [0.05, 0.1) is 5.69 Å². The molecule has 134 valence electrons. The summed E-state index contributed by atoms with van der Waals surface area (Å²) in [5, 5.41) is 15.1. The number of benzene rings is 2. The van der Waals surface area contributed by atoms with E-state index in [0.717, 1.165) is 16.9 Å². The maximum Gasteiger partial charge on any atom is 0.273 e. The smallest absolute Gasteiger partial charge is 0.273 e. The Bertz CT molecular complexity index is 1110. The van der Waals surface area contributed by atoms with E-state index in [4.69, 9.17) is 0 Å². The van der Waals surface area contributed by atoms with Gasteiger partial charge in [-0.25, -0.2) is 9.37 Å². The zero-order valence-corrected chi connectivity index (χ0v) is 14.8. The first-order valence-corrected chi connectivity index (χ1v) is 8.69. The summed E-state index contributed by atoms with van der Waals surface area (Å²) in [6.45, 7) is 1.96. The molecule has 2 heterocycles. The second kappa shape index (κ2) is 7.03. The fourth-order valence-electron chi connectivity index (χ4n) is 3.23. The van der Waals surface area contributed by atoms with Gasteiger partial charge in [-0.3, -0.25) is 10.3 Å². The van der Waals surface area contributed by atoms with E-state index >= 15 is 0 Å². The summed E-state index contributed by atoms with van der Waals surface area (Å²) >= 11 is 0. The number of aromatic nitrogens is 2. The molecule has 4 rings (SSSR count). The Morgan fingerprint density at radius 2 is 1.89 bits per heavy atom. The highest BCUT2D eigenvalue weighted by molar-refractivity contribution is 5.85. The van der Waals surface area contributed by atoms with Crippen LogP contribution in [0.1, 0.15) is 22.9 Å². The van der Waals surface area contributed by atoms with Crippen LogP contribution in [-0.4, -0.2) is 10.1 Å². The normalized spacial score (nSPS) is 12.1. The molecule has 0 fully saturated rings. The lowest BCUT2D eigenvalue weighted by Gasteiger charge is -2.18. The van der Waals surface area contributed by atoms with Crippen molar-refractivity contribution in [3.8, 4) is 5.75 Å². The molecule has 1 atom stereocenters. The molecule has 2 aromatic carbocycles. The van der Waals surface area contributed by atoms with Crippen LogP contribution in [0.15, 0.2) is 72.9 Å². The number of phenolic OH excluding ortho intramolecular Hbond substituents is 1. The Hall–Kier alpha value is -3.47. The molecular weight excluding hydrogens is 341 g/mol. The van der Waals surface area contributed by atoms with E-state index in [1.54, 1.807) is 12.3 Å². The highest BCUT2D eigenvalue weighted by Crippen LogP contribution is 2.36. The topological polar surface area (TPSA) is 59.3 Å². The monoisotopic (exact) mass is 360 g/mol. The van der Waals surface area contributed by atoms with E-state index in [1.165, 1.54) is 12.1 Å². The van der Waals surface area contributed by atoms with E-state index in [2.05, 4.69) is 15.3 Å². The number of nitrogens with zero attached hydrogens (tertiary/aromatic N) is 1. The number of aromatic amines is 1. The van der Waals surface area contributed by atoms with Crippen LogP contribution in [0.2, 0.25) is 0 Å². The number of pyridine rings is 2. The standard InChI is InChI=1S/C22H18FN3O/c1-14-5-2-9-19(25-14)26-20(16-6-3-8-17(23)13-16)18-11-10-15-7-4-12-24-21(15)22(18)27/h2-13,20,27H,1H3,(H,25,26)/p+1/t20-/m0/s1. The van der Waals surface area contributed by atoms with Crippen LogP contribution in [-0.2, 0) is 0 Å². The number of rotatable bonds is 4. The largest absolute Gasteiger partial charge is 0.505 e. The average Bonchev–Trinajstić information content (AvgIpc) is 2.67. The molecule has 0 saturated carbocycles. The minimum absolute atomic E-state index is 0.0857. The van der Waals surface area contributed by atoms with Crippen molar-refractivity contribution in [2.45, 2.75) is 13.0 Å². The number of aryl methyl sites for hydroxylation is 1. The molecule has 0 bridgehead atoms. The number of halogens is 1. The predicted molar refractivity (Wildman–Crippen MR) is 103 cm³/mol. The van der Waals surface area contributed by atoms with E-state index < -0.39 is 6.04 Å². The van der Waals surface area contributed by atoms with Crippen molar-refractivity contribution in [3.05, 3.63) is 95.6 Å². The summed E-state index contributed by atoms with van der Waals surface area (Å²) in [6, 6.07) is 19.2. The number of hydrogen-bond donors (Lipinski definition) is 2. The molecule has 4 aromatic rings. The lowest BCUT2D eigenvalue weighted by Crippen LogP contribution is -2.20. The summed E-state index contributed by atoms with van der Waals surface area (Å²) in [4.78, 5) is 7.54. The van der Waals surface area contributed by atoms with Crippen molar-refractivity contribution >= 4 is 16.7 Å². The van der Waals surface area contributed by atoms with E-state index in [-0.39, 0.29) is 11.6 Å². The van der Waals surface area contributed by atoms with Crippen LogP contribution in [0.25, 0.3) is 10.9 Å². The van der Waals surface area contributed by atoms with Gasteiger partial charge < -0.3 is 5.11 Å². The molecule has 3 N–H and O–H groups in total. The third-order valence-corrected chi connectivity index (χ3v) is 4.51. The fourth-order valence-corrected chi connectivity index (χ4v) is 3.23. The molecule has 4 nitrogen and oxygen atoms in total. The number of anilines is 1. The van der Waals surface area contributed by atoms with E-state index in [0.29, 0.717) is 16.6 Å². The van der Waals surface area contributed by atoms with Crippen LogP contribution in [0.5, 0.6) is 5.75 Å². The van der Waals surface area contributed by atoms with Crippen LogP contribution in [0.3, 0.4) is 0 Å². The average molecular weight is 360 g/mol. The molecule has 0 aliphatic heterocycles. The van der Waals surface area contributed by atoms with Gasteiger partial charge in [0.25, 0.3) is 5.82 Å². The minimum Gasteiger partial charge on any atom is -0.505 e. The first-order chi connectivity index (χ1) is 13.1. The van der Waals surface area contributed by atoms with Gasteiger partial charge in [0.1, 0.15) is 23.1 Å². The first kappa shape index (κ1) is 17.0. The highest BCUT2D eigenvalue weighted by atomic mass is 19.1. The fraction of sp³-hybridized carbons (Fsp3) is 0.0909. The van der Waals surface area contributed by atoms with Gasteiger partial charge in [0, 0.05) is 28.8 Å². The zero-order chi connectivity index (χ0) is 18.8. The van der Waals surface area contributed by atoms with Crippen molar-refractivity contribution < 1.29 is 14.5 Å². The van der Waals surface area contributed by atoms with Crippen LogP contribution in [0, 0.1) is 12.7 Å². The summed E-state index contributed by atoms with van der Waals surface area (Å²) in [5.41, 5.74) is 2.84. The maximum atomic E-state index is 13.9. The maximum absolute atomic E-state index is 13.9. The molecule has 0 aliphatic rings. The third-order valence-electron chi connectivity index (χ3n) is 4.51. The second-order valence-electron chi connectivity index (χ2n) is 6.46. The molecule has 0 aliphatic carbocycles. The molecule has 0 spiro atoms. The van der Waals surface area contributed by atoms with Gasteiger partial charge in [-0.15, -0.1) is 0 Å². The number of phenols is 1. The van der Waals surface area contributed by atoms with Crippen molar-refractivity contribution in [3.63, 3.8) is 0 Å². The van der Waals surface area contributed by atoms with Gasteiger partial charge >= 0.3 is 0 Å². The predicted octanol–water partition coefficient (Wildman–Crippen LogP) is 4.40. The summed E-state index contributed by atoms with van der Waals surface area (Å²) in [5.74, 6) is 0.526.